The molecule has 0 aliphatic rings. The SMILES string of the molecule is O=C(CNC(=O)c1ccccc1Cl)N/N=C/c1ccc(Cl)cc1Cl. The zero-order valence-corrected chi connectivity index (χ0v) is 14.5. The minimum absolute atomic E-state index is 0.240. The summed E-state index contributed by atoms with van der Waals surface area (Å²) in [5.41, 5.74) is 3.18. The number of rotatable bonds is 5. The number of hydrogen-bond acceptors (Lipinski definition) is 3. The van der Waals surface area contributed by atoms with Crippen LogP contribution in [0, 0.1) is 0 Å². The predicted molar refractivity (Wildman–Crippen MR) is 96.0 cm³/mol. The van der Waals surface area contributed by atoms with Crippen molar-refractivity contribution < 1.29 is 9.59 Å². The van der Waals surface area contributed by atoms with Crippen LogP contribution in [0.3, 0.4) is 0 Å². The molecule has 2 rings (SSSR count). The molecule has 0 aromatic heterocycles. The van der Waals surface area contributed by atoms with Crippen LogP contribution >= 0.6 is 34.8 Å². The Bertz CT molecular complexity index is 794. The van der Waals surface area contributed by atoms with E-state index < -0.39 is 11.8 Å². The number of nitrogens with zero attached hydrogens (tertiary/aromatic N) is 1. The summed E-state index contributed by atoms with van der Waals surface area (Å²) >= 11 is 17.7. The van der Waals surface area contributed by atoms with Gasteiger partial charge in [-0.3, -0.25) is 9.59 Å². The molecule has 0 bridgehead atoms. The van der Waals surface area contributed by atoms with E-state index in [-0.39, 0.29) is 6.54 Å². The van der Waals surface area contributed by atoms with Gasteiger partial charge in [-0.1, -0.05) is 53.0 Å². The minimum Gasteiger partial charge on any atom is -0.343 e. The van der Waals surface area contributed by atoms with Crippen LogP contribution in [0.1, 0.15) is 15.9 Å². The third-order valence-electron chi connectivity index (χ3n) is 2.88. The van der Waals surface area contributed by atoms with Gasteiger partial charge < -0.3 is 5.32 Å². The van der Waals surface area contributed by atoms with Gasteiger partial charge >= 0.3 is 0 Å². The largest absolute Gasteiger partial charge is 0.343 e. The van der Waals surface area contributed by atoms with Crippen molar-refractivity contribution in [3.8, 4) is 0 Å². The lowest BCUT2D eigenvalue weighted by Gasteiger charge is -2.05. The monoisotopic (exact) mass is 383 g/mol. The third kappa shape index (κ3) is 5.23. The second-order valence-corrected chi connectivity index (χ2v) is 5.87. The molecule has 0 aliphatic heterocycles. The summed E-state index contributed by atoms with van der Waals surface area (Å²) in [6, 6.07) is 11.4. The number of nitrogens with one attached hydrogen (secondary N) is 2. The number of amides is 2. The van der Waals surface area contributed by atoms with E-state index in [4.69, 9.17) is 34.8 Å². The summed E-state index contributed by atoms with van der Waals surface area (Å²) in [5, 5.41) is 7.45. The molecule has 0 atom stereocenters. The van der Waals surface area contributed by atoms with E-state index in [1.807, 2.05) is 0 Å². The lowest BCUT2D eigenvalue weighted by atomic mass is 10.2. The fourth-order valence-corrected chi connectivity index (χ4v) is 2.40. The predicted octanol–water partition coefficient (Wildman–Crippen LogP) is 3.53. The molecule has 8 heteroatoms. The van der Waals surface area contributed by atoms with Crippen molar-refractivity contribution >= 4 is 52.8 Å². The number of benzene rings is 2. The number of hydrazone groups is 1. The fourth-order valence-electron chi connectivity index (χ4n) is 1.72. The topological polar surface area (TPSA) is 70.6 Å². The van der Waals surface area contributed by atoms with Crippen molar-refractivity contribution in [2.75, 3.05) is 6.54 Å². The molecule has 2 N–H and O–H groups in total. The average molecular weight is 385 g/mol. The molecule has 0 unspecified atom stereocenters. The molecule has 0 heterocycles. The van der Waals surface area contributed by atoms with Gasteiger partial charge in [-0.25, -0.2) is 5.43 Å². The maximum Gasteiger partial charge on any atom is 0.259 e. The average Bonchev–Trinajstić information content (AvgIpc) is 2.55. The molecule has 2 aromatic carbocycles. The van der Waals surface area contributed by atoms with Gasteiger partial charge in [-0.05, 0) is 24.3 Å². The summed E-state index contributed by atoms with van der Waals surface area (Å²) in [4.78, 5) is 23.6. The Morgan fingerprint density at radius 1 is 1.04 bits per heavy atom. The molecule has 5 nitrogen and oxygen atoms in total. The van der Waals surface area contributed by atoms with Crippen molar-refractivity contribution in [2.45, 2.75) is 0 Å². The zero-order chi connectivity index (χ0) is 17.5. The minimum atomic E-state index is -0.489. The Morgan fingerprint density at radius 3 is 2.50 bits per heavy atom. The van der Waals surface area contributed by atoms with E-state index in [9.17, 15) is 9.59 Å². The molecule has 0 aliphatic carbocycles. The molecule has 0 spiro atoms. The van der Waals surface area contributed by atoms with E-state index in [2.05, 4.69) is 15.8 Å². The van der Waals surface area contributed by atoms with E-state index in [0.29, 0.717) is 26.2 Å². The van der Waals surface area contributed by atoms with Crippen molar-refractivity contribution in [3.05, 3.63) is 68.7 Å². The Kier molecular flexibility index (Phi) is 6.61. The lowest BCUT2D eigenvalue weighted by molar-refractivity contribution is -0.120. The highest BCUT2D eigenvalue weighted by atomic mass is 35.5. The van der Waals surface area contributed by atoms with Crippen LogP contribution in [-0.4, -0.2) is 24.6 Å². The Balaban J connectivity index is 1.84. The zero-order valence-electron chi connectivity index (χ0n) is 12.2. The van der Waals surface area contributed by atoms with Gasteiger partial charge in [0, 0.05) is 10.6 Å². The van der Waals surface area contributed by atoms with Crippen LogP contribution < -0.4 is 10.7 Å². The maximum absolute atomic E-state index is 11.9. The molecule has 0 fully saturated rings. The first-order chi connectivity index (χ1) is 11.5. The maximum atomic E-state index is 11.9. The summed E-state index contributed by atoms with van der Waals surface area (Å²) < 4.78 is 0. The first-order valence-electron chi connectivity index (χ1n) is 6.77. The summed E-state index contributed by atoms with van der Waals surface area (Å²) in [5.74, 6) is -0.933. The molecule has 2 amide bonds. The third-order valence-corrected chi connectivity index (χ3v) is 3.78. The summed E-state index contributed by atoms with van der Waals surface area (Å²) in [7, 11) is 0. The fraction of sp³-hybridized carbons (Fsp3) is 0.0625. The van der Waals surface area contributed by atoms with Gasteiger partial charge in [0.15, 0.2) is 0 Å². The van der Waals surface area contributed by atoms with Crippen molar-refractivity contribution in [1.82, 2.24) is 10.7 Å². The van der Waals surface area contributed by atoms with Gasteiger partial charge in [0.05, 0.1) is 28.4 Å². The smallest absolute Gasteiger partial charge is 0.259 e. The molecule has 0 saturated carbocycles. The highest BCUT2D eigenvalue weighted by Crippen LogP contribution is 2.19. The van der Waals surface area contributed by atoms with Crippen molar-refractivity contribution in [3.63, 3.8) is 0 Å². The molecule has 0 saturated heterocycles. The highest BCUT2D eigenvalue weighted by Gasteiger charge is 2.10. The highest BCUT2D eigenvalue weighted by molar-refractivity contribution is 6.36. The standard InChI is InChI=1S/C16H12Cl3N3O2/c17-11-6-5-10(14(19)7-11)8-21-22-15(23)9-20-16(24)12-3-1-2-4-13(12)18/h1-8H,9H2,(H,20,24)(H,22,23)/b21-8+. The van der Waals surface area contributed by atoms with Crippen LogP contribution in [0.5, 0.6) is 0 Å². The van der Waals surface area contributed by atoms with Gasteiger partial charge in [-0.2, -0.15) is 5.10 Å². The number of halogens is 3. The Hall–Kier alpha value is -2.08. The van der Waals surface area contributed by atoms with Crippen LogP contribution in [0.4, 0.5) is 0 Å². The van der Waals surface area contributed by atoms with Crippen LogP contribution in [0.25, 0.3) is 0 Å². The van der Waals surface area contributed by atoms with E-state index in [1.54, 1.807) is 42.5 Å². The number of carbonyl (C=O) groups excluding carboxylic acids is 2. The summed E-state index contributed by atoms with van der Waals surface area (Å²) in [6.45, 7) is -0.240. The van der Waals surface area contributed by atoms with Gasteiger partial charge in [0.1, 0.15) is 0 Å². The normalized spacial score (nSPS) is 10.6. The summed E-state index contributed by atoms with van der Waals surface area (Å²) in [6.07, 6.45) is 1.38. The molecule has 124 valence electrons. The van der Waals surface area contributed by atoms with E-state index >= 15 is 0 Å². The Morgan fingerprint density at radius 2 is 1.79 bits per heavy atom. The first kappa shape index (κ1) is 18.3. The van der Waals surface area contributed by atoms with Crippen LogP contribution in [0.2, 0.25) is 15.1 Å². The van der Waals surface area contributed by atoms with Gasteiger partial charge in [-0.15, -0.1) is 0 Å². The van der Waals surface area contributed by atoms with Gasteiger partial charge in [0.25, 0.3) is 11.8 Å². The van der Waals surface area contributed by atoms with E-state index in [0.717, 1.165) is 0 Å². The number of hydrogen-bond donors (Lipinski definition) is 2. The van der Waals surface area contributed by atoms with E-state index in [1.165, 1.54) is 6.21 Å². The van der Waals surface area contributed by atoms with Crippen molar-refractivity contribution in [1.29, 1.82) is 0 Å². The molecular formula is C16H12Cl3N3O2. The second-order valence-electron chi connectivity index (χ2n) is 4.62. The first-order valence-corrected chi connectivity index (χ1v) is 7.90. The molecule has 0 radical (unpaired) electrons. The van der Waals surface area contributed by atoms with Crippen LogP contribution in [0.15, 0.2) is 47.6 Å². The van der Waals surface area contributed by atoms with Gasteiger partial charge in [0.2, 0.25) is 0 Å². The van der Waals surface area contributed by atoms with Crippen LogP contribution in [-0.2, 0) is 4.79 Å². The number of carbonyl (C=O) groups is 2. The second kappa shape index (κ2) is 8.68. The molecular weight excluding hydrogens is 373 g/mol. The molecule has 2 aromatic rings. The quantitative estimate of drug-likeness (QED) is 0.611. The molecule has 24 heavy (non-hydrogen) atoms. The lowest BCUT2D eigenvalue weighted by Crippen LogP contribution is -2.35. The van der Waals surface area contributed by atoms with Crippen molar-refractivity contribution in [2.24, 2.45) is 5.10 Å². The Labute approximate surface area is 153 Å².